The first-order valence-corrected chi connectivity index (χ1v) is 6.97. The highest BCUT2D eigenvalue weighted by molar-refractivity contribution is 9.10. The fourth-order valence-electron chi connectivity index (χ4n) is 1.93. The lowest BCUT2D eigenvalue weighted by molar-refractivity contribution is 0.264. The molecular weight excluding hydrogens is 312 g/mol. The fourth-order valence-corrected chi connectivity index (χ4v) is 2.32. The Bertz CT molecular complexity index is 493. The van der Waals surface area contributed by atoms with Crippen molar-refractivity contribution < 1.29 is 5.11 Å². The lowest BCUT2D eigenvalue weighted by Gasteiger charge is -2.15. The van der Waals surface area contributed by atoms with Gasteiger partial charge in [-0.05, 0) is 41.8 Å². The molecule has 0 heterocycles. The van der Waals surface area contributed by atoms with Crippen LogP contribution < -0.4 is 0 Å². The van der Waals surface area contributed by atoms with Gasteiger partial charge in [0.25, 0.3) is 0 Å². The zero-order valence-electron chi connectivity index (χ0n) is 9.81. The van der Waals surface area contributed by atoms with E-state index in [9.17, 15) is 5.11 Å². The van der Waals surface area contributed by atoms with Crippen LogP contribution in [0, 0.1) is 0 Å². The fraction of sp³-hybridized carbons (Fsp3) is 0.200. The zero-order valence-corrected chi connectivity index (χ0v) is 12.2. The predicted molar refractivity (Wildman–Crippen MR) is 79.1 cm³/mol. The summed E-state index contributed by atoms with van der Waals surface area (Å²) in [6.07, 6.45) is 0.815. The molecule has 0 bridgehead atoms. The van der Waals surface area contributed by atoms with Gasteiger partial charge in [0.15, 0.2) is 0 Å². The topological polar surface area (TPSA) is 20.2 Å². The number of benzene rings is 2. The van der Waals surface area contributed by atoms with Crippen LogP contribution in [0.1, 0.15) is 17.0 Å². The highest BCUT2D eigenvalue weighted by Crippen LogP contribution is 2.23. The van der Waals surface area contributed by atoms with Gasteiger partial charge in [-0.3, -0.25) is 0 Å². The first-order valence-electron chi connectivity index (χ1n) is 5.80. The SMILES string of the molecule is OC[C@H](Cc1ccc(Cl)cc1)c1ccc(Br)cc1. The molecule has 0 amide bonds. The minimum absolute atomic E-state index is 0.124. The van der Waals surface area contributed by atoms with E-state index in [-0.39, 0.29) is 12.5 Å². The number of halogens is 2. The van der Waals surface area contributed by atoms with Crippen LogP contribution in [-0.2, 0) is 6.42 Å². The summed E-state index contributed by atoms with van der Waals surface area (Å²) in [5.41, 5.74) is 2.33. The highest BCUT2D eigenvalue weighted by Gasteiger charge is 2.11. The number of aliphatic hydroxyl groups excluding tert-OH is 1. The van der Waals surface area contributed by atoms with Crippen molar-refractivity contribution in [3.8, 4) is 0 Å². The van der Waals surface area contributed by atoms with Gasteiger partial charge in [0.05, 0.1) is 6.61 Å². The molecule has 3 heteroatoms. The predicted octanol–water partition coefficient (Wildman–Crippen LogP) is 4.42. The van der Waals surface area contributed by atoms with Crippen molar-refractivity contribution in [1.82, 2.24) is 0 Å². The van der Waals surface area contributed by atoms with Crippen LogP contribution >= 0.6 is 27.5 Å². The third-order valence-corrected chi connectivity index (χ3v) is 3.74. The smallest absolute Gasteiger partial charge is 0.0502 e. The monoisotopic (exact) mass is 324 g/mol. The third-order valence-electron chi connectivity index (χ3n) is 2.96. The van der Waals surface area contributed by atoms with Crippen molar-refractivity contribution in [2.45, 2.75) is 12.3 Å². The Labute approximate surface area is 121 Å². The lowest BCUT2D eigenvalue weighted by atomic mass is 9.93. The third kappa shape index (κ3) is 3.58. The van der Waals surface area contributed by atoms with E-state index >= 15 is 0 Å². The molecule has 1 nitrogen and oxygen atoms in total. The Morgan fingerprint density at radius 1 is 1.00 bits per heavy atom. The van der Waals surface area contributed by atoms with Gasteiger partial charge in [-0.2, -0.15) is 0 Å². The first kappa shape index (κ1) is 13.6. The molecule has 0 saturated heterocycles. The summed E-state index contributed by atoms with van der Waals surface area (Å²) in [7, 11) is 0. The number of hydrogen-bond acceptors (Lipinski definition) is 1. The second-order valence-electron chi connectivity index (χ2n) is 4.26. The van der Waals surface area contributed by atoms with Crippen molar-refractivity contribution in [3.05, 3.63) is 69.2 Å². The van der Waals surface area contributed by atoms with E-state index in [4.69, 9.17) is 11.6 Å². The molecule has 1 atom stereocenters. The average molecular weight is 326 g/mol. The molecule has 94 valence electrons. The van der Waals surface area contributed by atoms with E-state index in [0.717, 1.165) is 21.5 Å². The van der Waals surface area contributed by atoms with E-state index in [0.29, 0.717) is 0 Å². The van der Waals surface area contributed by atoms with Crippen molar-refractivity contribution in [2.24, 2.45) is 0 Å². The second-order valence-corrected chi connectivity index (χ2v) is 5.61. The average Bonchev–Trinajstić information content (AvgIpc) is 2.39. The van der Waals surface area contributed by atoms with Gasteiger partial charge < -0.3 is 5.11 Å². The van der Waals surface area contributed by atoms with E-state index in [1.807, 2.05) is 48.5 Å². The van der Waals surface area contributed by atoms with Crippen molar-refractivity contribution in [1.29, 1.82) is 0 Å². The normalized spacial score (nSPS) is 12.4. The molecule has 0 aromatic heterocycles. The van der Waals surface area contributed by atoms with Gasteiger partial charge in [0.2, 0.25) is 0 Å². The van der Waals surface area contributed by atoms with Gasteiger partial charge in [-0.25, -0.2) is 0 Å². The molecule has 2 rings (SSSR count). The maximum Gasteiger partial charge on any atom is 0.0502 e. The Morgan fingerprint density at radius 2 is 1.61 bits per heavy atom. The van der Waals surface area contributed by atoms with Crippen LogP contribution in [-0.4, -0.2) is 11.7 Å². The molecule has 0 aliphatic carbocycles. The minimum atomic E-state index is 0.124. The second kappa shape index (κ2) is 6.37. The summed E-state index contributed by atoms with van der Waals surface area (Å²) >= 11 is 9.28. The largest absolute Gasteiger partial charge is 0.396 e. The van der Waals surface area contributed by atoms with Gasteiger partial charge in [-0.1, -0.05) is 51.8 Å². The quantitative estimate of drug-likeness (QED) is 0.882. The van der Waals surface area contributed by atoms with Crippen LogP contribution in [0.3, 0.4) is 0 Å². The summed E-state index contributed by atoms with van der Waals surface area (Å²) in [5.74, 6) is 0.124. The highest BCUT2D eigenvalue weighted by atomic mass is 79.9. The number of rotatable bonds is 4. The van der Waals surface area contributed by atoms with Crippen LogP contribution in [0.25, 0.3) is 0 Å². The van der Waals surface area contributed by atoms with Gasteiger partial charge in [0, 0.05) is 15.4 Å². The maximum atomic E-state index is 9.53. The molecule has 2 aromatic rings. The van der Waals surface area contributed by atoms with Crippen LogP contribution in [0.5, 0.6) is 0 Å². The van der Waals surface area contributed by atoms with Crippen molar-refractivity contribution >= 4 is 27.5 Å². The summed E-state index contributed by atoms with van der Waals surface area (Å²) < 4.78 is 1.05. The molecule has 0 spiro atoms. The zero-order chi connectivity index (χ0) is 13.0. The lowest BCUT2D eigenvalue weighted by Crippen LogP contribution is -2.07. The van der Waals surface area contributed by atoms with Crippen LogP contribution in [0.4, 0.5) is 0 Å². The standard InChI is InChI=1S/C15H14BrClO/c16-14-5-3-12(4-6-14)13(10-18)9-11-1-7-15(17)8-2-11/h1-8,13,18H,9-10H2/t13-/m0/s1. The Hall–Kier alpha value is -0.830. The van der Waals surface area contributed by atoms with Gasteiger partial charge in [0.1, 0.15) is 0 Å². The van der Waals surface area contributed by atoms with Gasteiger partial charge >= 0.3 is 0 Å². The molecular formula is C15H14BrClO. The first-order chi connectivity index (χ1) is 8.69. The molecule has 0 radical (unpaired) electrons. The molecule has 0 unspecified atom stereocenters. The van der Waals surface area contributed by atoms with Crippen molar-refractivity contribution in [2.75, 3.05) is 6.61 Å². The molecule has 18 heavy (non-hydrogen) atoms. The number of hydrogen-bond donors (Lipinski definition) is 1. The Morgan fingerprint density at radius 3 is 2.17 bits per heavy atom. The molecule has 0 fully saturated rings. The van der Waals surface area contributed by atoms with Crippen LogP contribution in [0.15, 0.2) is 53.0 Å². The minimum Gasteiger partial charge on any atom is -0.396 e. The summed E-state index contributed by atoms with van der Waals surface area (Å²) in [4.78, 5) is 0. The molecule has 0 aliphatic rings. The summed E-state index contributed by atoms with van der Waals surface area (Å²) in [6, 6.07) is 15.9. The molecule has 0 saturated carbocycles. The van der Waals surface area contributed by atoms with E-state index in [1.165, 1.54) is 5.56 Å². The maximum absolute atomic E-state index is 9.53. The summed E-state index contributed by atoms with van der Waals surface area (Å²) in [5, 5.41) is 10.3. The van der Waals surface area contributed by atoms with E-state index in [1.54, 1.807) is 0 Å². The van der Waals surface area contributed by atoms with E-state index < -0.39 is 0 Å². The van der Waals surface area contributed by atoms with Crippen LogP contribution in [0.2, 0.25) is 5.02 Å². The van der Waals surface area contributed by atoms with Crippen molar-refractivity contribution in [3.63, 3.8) is 0 Å². The summed E-state index contributed by atoms with van der Waals surface area (Å²) in [6.45, 7) is 0.143. The number of aliphatic hydroxyl groups is 1. The van der Waals surface area contributed by atoms with Gasteiger partial charge in [-0.15, -0.1) is 0 Å². The van der Waals surface area contributed by atoms with E-state index in [2.05, 4.69) is 15.9 Å². The molecule has 2 aromatic carbocycles. The Kier molecular flexibility index (Phi) is 4.81. The molecule has 1 N–H and O–H groups in total. The Balaban J connectivity index is 2.14. The molecule has 0 aliphatic heterocycles.